The third kappa shape index (κ3) is 2.11. The van der Waals surface area contributed by atoms with Gasteiger partial charge in [0.2, 0.25) is 5.95 Å². The Morgan fingerprint density at radius 3 is 2.47 bits per heavy atom. The van der Waals surface area contributed by atoms with Crippen molar-refractivity contribution in [2.45, 2.75) is 24.6 Å². The van der Waals surface area contributed by atoms with Crippen LogP contribution < -0.4 is 10.6 Å². The van der Waals surface area contributed by atoms with E-state index in [1.54, 1.807) is 0 Å². The molecule has 17 heavy (non-hydrogen) atoms. The molecule has 0 atom stereocenters. The van der Waals surface area contributed by atoms with Crippen LogP contribution in [0.2, 0.25) is 0 Å². The normalized spacial score (nSPS) is 17.7. The van der Waals surface area contributed by atoms with Gasteiger partial charge in [0.05, 0.1) is 6.20 Å². The van der Waals surface area contributed by atoms with Crippen molar-refractivity contribution in [3.8, 4) is 0 Å². The molecular formula is C9H10F4N4. The fraction of sp³-hybridized carbons (Fsp3) is 0.556. The number of nitrogens with one attached hydrogen (secondary N) is 2. The highest BCUT2D eigenvalue weighted by Gasteiger charge is 2.64. The standard InChI is InChI=1S/C9H10F4N4/c1-14-7-15-4-5(10)6(16-7)17-8(2-3-8)9(11,12)13/h4H,2-3H2,1H3,(H2,14,15,16,17). The summed E-state index contributed by atoms with van der Waals surface area (Å²) in [5, 5.41) is 4.65. The summed E-state index contributed by atoms with van der Waals surface area (Å²) in [5.74, 6) is -1.27. The zero-order valence-corrected chi connectivity index (χ0v) is 8.90. The summed E-state index contributed by atoms with van der Waals surface area (Å²) >= 11 is 0. The zero-order valence-electron chi connectivity index (χ0n) is 8.90. The van der Waals surface area contributed by atoms with Crippen molar-refractivity contribution in [2.75, 3.05) is 17.7 Å². The average molecular weight is 250 g/mol. The molecule has 8 heteroatoms. The molecule has 2 N–H and O–H groups in total. The molecule has 0 aliphatic heterocycles. The van der Waals surface area contributed by atoms with Gasteiger partial charge in [0, 0.05) is 7.05 Å². The Balaban J connectivity index is 2.25. The SMILES string of the molecule is CNc1ncc(F)c(NC2(C(F)(F)F)CC2)n1. The van der Waals surface area contributed by atoms with Crippen molar-refractivity contribution >= 4 is 11.8 Å². The third-order valence-electron chi connectivity index (χ3n) is 2.62. The number of hydrogen-bond donors (Lipinski definition) is 2. The monoisotopic (exact) mass is 250 g/mol. The van der Waals surface area contributed by atoms with Gasteiger partial charge in [0.25, 0.3) is 0 Å². The first kappa shape index (κ1) is 11.9. The zero-order chi connectivity index (χ0) is 12.7. The minimum atomic E-state index is -4.41. The quantitative estimate of drug-likeness (QED) is 0.807. The third-order valence-corrected chi connectivity index (χ3v) is 2.62. The number of alkyl halides is 3. The molecule has 0 spiro atoms. The van der Waals surface area contributed by atoms with Gasteiger partial charge in [-0.15, -0.1) is 0 Å². The van der Waals surface area contributed by atoms with Gasteiger partial charge < -0.3 is 10.6 Å². The summed E-state index contributed by atoms with van der Waals surface area (Å²) in [5.41, 5.74) is -2.03. The van der Waals surface area contributed by atoms with Gasteiger partial charge in [-0.3, -0.25) is 0 Å². The lowest BCUT2D eigenvalue weighted by atomic mass is 10.2. The second kappa shape index (κ2) is 3.71. The Hall–Kier alpha value is -1.60. The molecule has 0 unspecified atom stereocenters. The van der Waals surface area contributed by atoms with Gasteiger partial charge in [-0.25, -0.2) is 9.37 Å². The first-order valence-corrected chi connectivity index (χ1v) is 4.93. The van der Waals surface area contributed by atoms with Gasteiger partial charge >= 0.3 is 6.18 Å². The van der Waals surface area contributed by atoms with E-state index in [0.29, 0.717) is 0 Å². The highest BCUT2D eigenvalue weighted by molar-refractivity contribution is 5.45. The van der Waals surface area contributed by atoms with Gasteiger partial charge in [-0.2, -0.15) is 18.2 Å². The second-order valence-electron chi connectivity index (χ2n) is 3.85. The van der Waals surface area contributed by atoms with E-state index in [1.807, 2.05) is 0 Å². The highest BCUT2D eigenvalue weighted by Crippen LogP contribution is 2.51. The van der Waals surface area contributed by atoms with Crippen molar-refractivity contribution in [3.05, 3.63) is 12.0 Å². The van der Waals surface area contributed by atoms with Crippen LogP contribution in [0.1, 0.15) is 12.8 Å². The molecule has 1 saturated carbocycles. The number of hydrogen-bond acceptors (Lipinski definition) is 4. The number of aromatic nitrogens is 2. The predicted octanol–water partition coefficient (Wildman–Crippen LogP) is 2.16. The lowest BCUT2D eigenvalue weighted by molar-refractivity contribution is -0.151. The molecule has 1 heterocycles. The summed E-state index contributed by atoms with van der Waals surface area (Å²) in [7, 11) is 1.49. The summed E-state index contributed by atoms with van der Waals surface area (Å²) in [6.07, 6.45) is -3.73. The van der Waals surface area contributed by atoms with Crippen molar-refractivity contribution in [1.82, 2.24) is 9.97 Å². The largest absolute Gasteiger partial charge is 0.411 e. The maximum absolute atomic E-state index is 13.3. The van der Waals surface area contributed by atoms with Crippen LogP contribution >= 0.6 is 0 Å². The summed E-state index contributed by atoms with van der Waals surface area (Å²) in [6, 6.07) is 0. The van der Waals surface area contributed by atoms with Crippen LogP contribution in [0, 0.1) is 5.82 Å². The topological polar surface area (TPSA) is 49.8 Å². The first-order valence-electron chi connectivity index (χ1n) is 4.93. The number of anilines is 2. The summed E-state index contributed by atoms with van der Waals surface area (Å²) in [4.78, 5) is 7.17. The second-order valence-corrected chi connectivity index (χ2v) is 3.85. The molecule has 0 amide bonds. The Labute approximate surface area is 94.5 Å². The molecule has 1 aliphatic carbocycles. The Morgan fingerprint density at radius 1 is 1.35 bits per heavy atom. The summed E-state index contributed by atoms with van der Waals surface area (Å²) < 4.78 is 51.2. The van der Waals surface area contributed by atoms with E-state index in [4.69, 9.17) is 0 Å². The predicted molar refractivity (Wildman–Crippen MR) is 53.2 cm³/mol. The van der Waals surface area contributed by atoms with Crippen LogP contribution in [-0.4, -0.2) is 28.7 Å². The van der Waals surface area contributed by atoms with Crippen molar-refractivity contribution in [2.24, 2.45) is 0 Å². The van der Waals surface area contributed by atoms with E-state index in [0.717, 1.165) is 6.20 Å². The van der Waals surface area contributed by atoms with Gasteiger partial charge in [0.1, 0.15) is 5.54 Å². The fourth-order valence-electron chi connectivity index (χ4n) is 1.41. The molecule has 94 valence electrons. The number of nitrogens with zero attached hydrogens (tertiary/aromatic N) is 2. The molecule has 1 fully saturated rings. The maximum atomic E-state index is 13.3. The molecule has 2 rings (SSSR count). The van der Waals surface area contributed by atoms with Gasteiger partial charge in [-0.05, 0) is 12.8 Å². The maximum Gasteiger partial charge on any atom is 0.411 e. The first-order chi connectivity index (χ1) is 7.88. The van der Waals surface area contributed by atoms with Crippen LogP contribution in [0.15, 0.2) is 6.20 Å². The van der Waals surface area contributed by atoms with Crippen LogP contribution in [0.4, 0.5) is 29.3 Å². The van der Waals surface area contributed by atoms with Crippen LogP contribution in [0.25, 0.3) is 0 Å². The van der Waals surface area contributed by atoms with Crippen molar-refractivity contribution < 1.29 is 17.6 Å². The highest BCUT2D eigenvalue weighted by atomic mass is 19.4. The molecule has 4 nitrogen and oxygen atoms in total. The molecule has 1 aromatic heterocycles. The molecule has 1 aliphatic rings. The minimum absolute atomic E-state index is 0.0619. The molecule has 0 radical (unpaired) electrons. The number of rotatable bonds is 3. The average Bonchev–Trinajstić information content (AvgIpc) is 3.01. The van der Waals surface area contributed by atoms with Gasteiger partial charge in [-0.1, -0.05) is 0 Å². The van der Waals surface area contributed by atoms with Crippen LogP contribution in [0.5, 0.6) is 0 Å². The molecule has 0 saturated heterocycles. The minimum Gasteiger partial charge on any atom is -0.357 e. The molecule has 1 aromatic rings. The van der Waals surface area contributed by atoms with Crippen molar-refractivity contribution in [3.63, 3.8) is 0 Å². The molecule has 0 aromatic carbocycles. The van der Waals surface area contributed by atoms with E-state index < -0.39 is 23.4 Å². The van der Waals surface area contributed by atoms with Gasteiger partial charge in [0.15, 0.2) is 11.6 Å². The molecule has 0 bridgehead atoms. The number of halogens is 4. The van der Waals surface area contributed by atoms with E-state index in [-0.39, 0.29) is 18.8 Å². The van der Waals surface area contributed by atoms with E-state index in [1.165, 1.54) is 7.05 Å². The van der Waals surface area contributed by atoms with E-state index in [2.05, 4.69) is 20.6 Å². The smallest absolute Gasteiger partial charge is 0.357 e. The summed E-state index contributed by atoms with van der Waals surface area (Å²) in [6.45, 7) is 0. The lowest BCUT2D eigenvalue weighted by Gasteiger charge is -2.21. The Kier molecular flexibility index (Phi) is 2.59. The van der Waals surface area contributed by atoms with E-state index in [9.17, 15) is 17.6 Å². The van der Waals surface area contributed by atoms with E-state index >= 15 is 0 Å². The Morgan fingerprint density at radius 2 is 2.00 bits per heavy atom. The fourth-order valence-corrected chi connectivity index (χ4v) is 1.41. The Bertz CT molecular complexity index is 427. The molecular weight excluding hydrogens is 240 g/mol. The lowest BCUT2D eigenvalue weighted by Crippen LogP contribution is -2.39. The van der Waals surface area contributed by atoms with Crippen LogP contribution in [-0.2, 0) is 0 Å². The van der Waals surface area contributed by atoms with Crippen molar-refractivity contribution in [1.29, 1.82) is 0 Å². The van der Waals surface area contributed by atoms with Crippen LogP contribution in [0.3, 0.4) is 0 Å².